The van der Waals surface area contributed by atoms with Crippen molar-refractivity contribution in [3.63, 3.8) is 0 Å². The molecule has 0 heterocycles. The predicted molar refractivity (Wildman–Crippen MR) is 84.3 cm³/mol. The Morgan fingerprint density at radius 1 is 1.18 bits per heavy atom. The summed E-state index contributed by atoms with van der Waals surface area (Å²) in [4.78, 5) is 22.7. The topological polar surface area (TPSA) is 67.8 Å². The molecule has 0 aromatic heterocycles. The maximum Gasteiger partial charge on any atom is 0.343 e. The van der Waals surface area contributed by atoms with Crippen LogP contribution in [0.5, 0.6) is 5.75 Å². The first-order chi connectivity index (χ1) is 10.5. The first-order valence-electron chi connectivity index (χ1n) is 6.42. The summed E-state index contributed by atoms with van der Waals surface area (Å²) in [6.45, 7) is 1.36. The molecule has 0 radical (unpaired) electrons. The van der Waals surface area contributed by atoms with E-state index in [1.54, 1.807) is 48.5 Å². The Balaban J connectivity index is 2.06. The molecular weight excluding hydrogens is 304 g/mol. The summed E-state index contributed by atoms with van der Waals surface area (Å²) >= 11 is 5.77. The normalized spacial score (nSPS) is 10.5. The van der Waals surface area contributed by atoms with Gasteiger partial charge in [-0.1, -0.05) is 23.7 Å². The third-order valence-corrected chi connectivity index (χ3v) is 2.84. The van der Waals surface area contributed by atoms with Gasteiger partial charge in [0.2, 0.25) is 5.91 Å². The molecule has 0 saturated carbocycles. The van der Waals surface area contributed by atoms with Gasteiger partial charge in [-0.15, -0.1) is 0 Å². The van der Waals surface area contributed by atoms with Gasteiger partial charge in [-0.25, -0.2) is 10.2 Å². The quantitative estimate of drug-likeness (QED) is 0.408. The Labute approximate surface area is 132 Å². The molecule has 2 aromatic rings. The van der Waals surface area contributed by atoms with Crippen molar-refractivity contribution in [1.29, 1.82) is 0 Å². The molecule has 2 aromatic carbocycles. The van der Waals surface area contributed by atoms with Crippen molar-refractivity contribution in [1.82, 2.24) is 5.43 Å². The van der Waals surface area contributed by atoms with E-state index in [1.807, 2.05) is 0 Å². The van der Waals surface area contributed by atoms with Crippen LogP contribution in [0.2, 0.25) is 5.02 Å². The first kappa shape index (κ1) is 15.7. The molecule has 0 spiro atoms. The minimum absolute atomic E-state index is 0.262. The van der Waals surface area contributed by atoms with Crippen LogP contribution in [0, 0.1) is 0 Å². The molecule has 22 heavy (non-hydrogen) atoms. The monoisotopic (exact) mass is 316 g/mol. The van der Waals surface area contributed by atoms with E-state index in [0.717, 1.165) is 0 Å². The molecule has 0 saturated heterocycles. The highest BCUT2D eigenvalue weighted by Gasteiger charge is 2.08. The van der Waals surface area contributed by atoms with E-state index in [0.29, 0.717) is 21.9 Å². The fourth-order valence-electron chi connectivity index (χ4n) is 1.61. The zero-order chi connectivity index (χ0) is 15.9. The lowest BCUT2D eigenvalue weighted by Crippen LogP contribution is -2.12. The number of carbonyl (C=O) groups is 2. The van der Waals surface area contributed by atoms with Gasteiger partial charge in [-0.2, -0.15) is 5.10 Å². The molecule has 0 aliphatic heterocycles. The summed E-state index contributed by atoms with van der Waals surface area (Å²) in [6, 6.07) is 13.2. The Morgan fingerprint density at radius 3 is 2.59 bits per heavy atom. The maximum atomic E-state index is 12.0. The molecule has 0 bridgehead atoms. The van der Waals surface area contributed by atoms with E-state index in [2.05, 4.69) is 10.5 Å². The highest BCUT2D eigenvalue weighted by molar-refractivity contribution is 6.30. The van der Waals surface area contributed by atoms with Crippen molar-refractivity contribution >= 4 is 29.7 Å². The lowest BCUT2D eigenvalue weighted by Gasteiger charge is -2.05. The second-order valence-corrected chi connectivity index (χ2v) is 4.83. The summed E-state index contributed by atoms with van der Waals surface area (Å²) in [6.07, 6.45) is 1.46. The van der Waals surface area contributed by atoms with Crippen LogP contribution in [0.4, 0.5) is 0 Å². The minimum Gasteiger partial charge on any atom is -0.423 e. The van der Waals surface area contributed by atoms with Gasteiger partial charge in [-0.05, 0) is 42.0 Å². The van der Waals surface area contributed by atoms with Gasteiger partial charge in [0, 0.05) is 11.9 Å². The minimum atomic E-state index is -0.479. The van der Waals surface area contributed by atoms with Crippen LogP contribution in [-0.4, -0.2) is 18.1 Å². The van der Waals surface area contributed by atoms with Crippen molar-refractivity contribution in [2.45, 2.75) is 6.92 Å². The number of hydrogen-bond acceptors (Lipinski definition) is 4. The lowest BCUT2D eigenvalue weighted by molar-refractivity contribution is -0.118. The van der Waals surface area contributed by atoms with Crippen LogP contribution in [0.25, 0.3) is 0 Å². The van der Waals surface area contributed by atoms with Gasteiger partial charge in [0.25, 0.3) is 0 Å². The number of nitrogens with zero attached hydrogens (tertiary/aromatic N) is 1. The number of hydrogen-bond donors (Lipinski definition) is 1. The van der Waals surface area contributed by atoms with Gasteiger partial charge >= 0.3 is 5.97 Å². The lowest BCUT2D eigenvalue weighted by atomic mass is 10.2. The molecule has 1 amide bonds. The van der Waals surface area contributed by atoms with E-state index >= 15 is 0 Å². The van der Waals surface area contributed by atoms with E-state index in [9.17, 15) is 9.59 Å². The molecule has 0 fully saturated rings. The average Bonchev–Trinajstić information content (AvgIpc) is 2.48. The zero-order valence-corrected chi connectivity index (χ0v) is 12.5. The van der Waals surface area contributed by atoms with Crippen LogP contribution in [0.3, 0.4) is 0 Å². The van der Waals surface area contributed by atoms with E-state index in [-0.39, 0.29) is 5.91 Å². The zero-order valence-electron chi connectivity index (χ0n) is 11.7. The van der Waals surface area contributed by atoms with Crippen molar-refractivity contribution in [3.05, 3.63) is 64.7 Å². The predicted octanol–water partition coefficient (Wildman–Crippen LogP) is 3.03. The van der Waals surface area contributed by atoms with E-state index < -0.39 is 5.97 Å². The first-order valence-corrected chi connectivity index (χ1v) is 6.80. The van der Waals surface area contributed by atoms with Crippen molar-refractivity contribution in [2.75, 3.05) is 0 Å². The number of esters is 1. The van der Waals surface area contributed by atoms with Gasteiger partial charge < -0.3 is 4.74 Å². The van der Waals surface area contributed by atoms with Gasteiger partial charge in [0.1, 0.15) is 5.75 Å². The molecule has 5 nitrogen and oxygen atoms in total. The van der Waals surface area contributed by atoms with Crippen LogP contribution >= 0.6 is 11.6 Å². The van der Waals surface area contributed by atoms with Crippen LogP contribution in [-0.2, 0) is 4.79 Å². The van der Waals surface area contributed by atoms with Crippen molar-refractivity contribution < 1.29 is 14.3 Å². The summed E-state index contributed by atoms with van der Waals surface area (Å²) in [5.41, 5.74) is 3.39. The summed E-state index contributed by atoms with van der Waals surface area (Å²) < 4.78 is 5.28. The smallest absolute Gasteiger partial charge is 0.343 e. The number of nitrogens with one attached hydrogen (secondary N) is 1. The second-order valence-electron chi connectivity index (χ2n) is 4.40. The van der Waals surface area contributed by atoms with E-state index in [1.165, 1.54) is 13.1 Å². The molecule has 2 rings (SSSR count). The average molecular weight is 317 g/mol. The number of carbonyl (C=O) groups excluding carboxylic acids is 2. The Morgan fingerprint density at radius 2 is 1.91 bits per heavy atom. The molecular formula is C16H13ClN2O3. The molecule has 0 aliphatic rings. The molecule has 0 unspecified atom stereocenters. The number of ether oxygens (including phenoxy) is 1. The SMILES string of the molecule is CC(=O)N/N=C/c1cccc(OC(=O)c2ccc(Cl)cc2)c1. The Bertz CT molecular complexity index is 712. The Hall–Kier alpha value is -2.66. The summed E-state index contributed by atoms with van der Waals surface area (Å²) in [5.74, 6) is -0.360. The third-order valence-electron chi connectivity index (χ3n) is 2.58. The third kappa shape index (κ3) is 4.71. The number of benzene rings is 2. The Kier molecular flexibility index (Phi) is 5.27. The highest BCUT2D eigenvalue weighted by Crippen LogP contribution is 2.15. The molecule has 0 aliphatic carbocycles. The van der Waals surface area contributed by atoms with Crippen LogP contribution in [0.1, 0.15) is 22.8 Å². The molecule has 6 heteroatoms. The van der Waals surface area contributed by atoms with Crippen molar-refractivity contribution in [2.24, 2.45) is 5.10 Å². The number of hydrazone groups is 1. The standard InChI is InChI=1S/C16H13ClN2O3/c1-11(20)19-18-10-12-3-2-4-15(9-12)22-16(21)13-5-7-14(17)8-6-13/h2-10H,1H3,(H,19,20)/b18-10+. The van der Waals surface area contributed by atoms with Crippen LogP contribution in [0.15, 0.2) is 53.6 Å². The van der Waals surface area contributed by atoms with Crippen LogP contribution < -0.4 is 10.2 Å². The maximum absolute atomic E-state index is 12.0. The summed E-state index contributed by atoms with van der Waals surface area (Å²) in [7, 11) is 0. The van der Waals surface area contributed by atoms with Gasteiger partial charge in [-0.3, -0.25) is 4.79 Å². The van der Waals surface area contributed by atoms with E-state index in [4.69, 9.17) is 16.3 Å². The largest absolute Gasteiger partial charge is 0.423 e. The molecule has 112 valence electrons. The molecule has 0 atom stereocenters. The van der Waals surface area contributed by atoms with Gasteiger partial charge in [0.05, 0.1) is 11.8 Å². The fourth-order valence-corrected chi connectivity index (χ4v) is 1.73. The fraction of sp³-hybridized carbons (Fsp3) is 0.0625. The molecule has 1 N–H and O–H groups in total. The summed E-state index contributed by atoms with van der Waals surface area (Å²) in [5, 5.41) is 4.30. The highest BCUT2D eigenvalue weighted by atomic mass is 35.5. The number of halogens is 1. The van der Waals surface area contributed by atoms with Crippen molar-refractivity contribution in [3.8, 4) is 5.75 Å². The number of amides is 1. The second kappa shape index (κ2) is 7.38. The number of rotatable bonds is 4. The van der Waals surface area contributed by atoms with Gasteiger partial charge in [0.15, 0.2) is 0 Å².